The van der Waals surface area contributed by atoms with Crippen LogP contribution in [-0.2, 0) is 5.41 Å². The number of alkyl halides is 3. The maximum atomic E-state index is 14.2. The molecule has 0 aliphatic carbocycles. The average molecular weight is 495 g/mol. The Morgan fingerprint density at radius 2 is 1.86 bits per heavy atom. The minimum absolute atomic E-state index is 0.135. The van der Waals surface area contributed by atoms with Crippen LogP contribution in [0.1, 0.15) is 25.8 Å². The van der Waals surface area contributed by atoms with E-state index in [1.54, 1.807) is 18.2 Å². The summed E-state index contributed by atoms with van der Waals surface area (Å²) >= 11 is 0. The number of aromatic nitrogens is 1. The predicted octanol–water partition coefficient (Wildman–Crippen LogP) is 4.91. The van der Waals surface area contributed by atoms with Crippen molar-refractivity contribution >= 4 is 22.7 Å². The molecule has 4 N–H and O–H groups in total. The Balaban J connectivity index is 1.95. The van der Waals surface area contributed by atoms with E-state index in [4.69, 9.17) is 15.2 Å². The van der Waals surface area contributed by atoms with Crippen molar-refractivity contribution in [3.63, 3.8) is 0 Å². The van der Waals surface area contributed by atoms with Gasteiger partial charge in [-0.2, -0.15) is 13.2 Å². The van der Waals surface area contributed by atoms with Gasteiger partial charge < -0.3 is 25.6 Å². The molecule has 0 aliphatic heterocycles. The number of carbonyl (C=O) groups excluding carboxylic acids is 1. The largest absolute Gasteiger partial charge is 0.496 e. The molecule has 0 fully saturated rings. The number of para-hydroxylation sites is 1. The van der Waals surface area contributed by atoms with Gasteiger partial charge in [0.2, 0.25) is 5.88 Å². The first-order valence-electron chi connectivity index (χ1n) is 10.5. The van der Waals surface area contributed by atoms with Gasteiger partial charge in [0.05, 0.1) is 24.9 Å². The van der Waals surface area contributed by atoms with E-state index in [0.717, 1.165) is 12.1 Å². The molecule has 1 unspecified atom stereocenters. The van der Waals surface area contributed by atoms with Crippen LogP contribution in [0.15, 0.2) is 48.5 Å². The van der Waals surface area contributed by atoms with E-state index in [2.05, 4.69) is 10.3 Å². The Hall–Kier alpha value is -3.60. The van der Waals surface area contributed by atoms with Crippen LogP contribution in [0.2, 0.25) is 0 Å². The molecule has 0 saturated carbocycles. The third kappa shape index (κ3) is 5.73. The second-order valence-corrected chi connectivity index (χ2v) is 8.74. The van der Waals surface area contributed by atoms with Gasteiger partial charge in [-0.15, -0.1) is 0 Å². The van der Waals surface area contributed by atoms with Gasteiger partial charge in [0.1, 0.15) is 11.6 Å². The molecule has 0 saturated heterocycles. The van der Waals surface area contributed by atoms with Crippen molar-refractivity contribution in [2.45, 2.75) is 37.5 Å². The lowest BCUT2D eigenvalue weighted by Crippen LogP contribution is -2.53. The van der Waals surface area contributed by atoms with Crippen LogP contribution in [0.25, 0.3) is 10.9 Å². The Bertz CT molecular complexity index is 1230. The third-order valence-electron chi connectivity index (χ3n) is 5.62. The SMILES string of the molecule is COc1ccc(F)cc1C(C)(C)CC(O)(CNc1cccc2ccc(OC(N)=O)nc12)C(F)(F)F. The zero-order chi connectivity index (χ0) is 26.0. The topological polar surface area (TPSA) is 107 Å². The molecule has 2 aromatic carbocycles. The van der Waals surface area contributed by atoms with Gasteiger partial charge in [-0.25, -0.2) is 14.2 Å². The minimum atomic E-state index is -5.03. The number of hydrogen-bond acceptors (Lipinski definition) is 6. The highest BCUT2D eigenvalue weighted by Gasteiger charge is 2.56. The van der Waals surface area contributed by atoms with Crippen molar-refractivity contribution in [2.75, 3.05) is 19.0 Å². The van der Waals surface area contributed by atoms with Crippen molar-refractivity contribution in [3.05, 3.63) is 59.9 Å². The second-order valence-electron chi connectivity index (χ2n) is 8.74. The van der Waals surface area contributed by atoms with E-state index < -0.39 is 42.1 Å². The summed E-state index contributed by atoms with van der Waals surface area (Å²) < 4.78 is 66.3. The molecule has 0 aliphatic rings. The summed E-state index contributed by atoms with van der Waals surface area (Å²) in [7, 11) is 1.33. The molecule has 11 heteroatoms. The summed E-state index contributed by atoms with van der Waals surface area (Å²) in [5, 5.41) is 14.0. The van der Waals surface area contributed by atoms with Gasteiger partial charge in [0.25, 0.3) is 0 Å². The van der Waals surface area contributed by atoms with Crippen molar-refractivity contribution in [3.8, 4) is 11.6 Å². The van der Waals surface area contributed by atoms with E-state index >= 15 is 0 Å². The summed E-state index contributed by atoms with van der Waals surface area (Å²) in [5.41, 5.74) is 1.02. The van der Waals surface area contributed by atoms with Crippen LogP contribution in [-0.4, -0.2) is 41.6 Å². The van der Waals surface area contributed by atoms with E-state index in [-0.39, 0.29) is 28.4 Å². The summed E-state index contributed by atoms with van der Waals surface area (Å²) in [6, 6.07) is 11.2. The minimum Gasteiger partial charge on any atom is -0.496 e. The summed E-state index contributed by atoms with van der Waals surface area (Å²) in [6.45, 7) is 2.00. The van der Waals surface area contributed by atoms with Crippen molar-refractivity contribution in [1.29, 1.82) is 0 Å². The van der Waals surface area contributed by atoms with Crippen LogP contribution in [0.4, 0.5) is 28.0 Å². The number of ether oxygens (including phenoxy) is 2. The number of methoxy groups -OCH3 is 1. The lowest BCUT2D eigenvalue weighted by molar-refractivity contribution is -0.260. The second kappa shape index (κ2) is 9.57. The summed E-state index contributed by atoms with van der Waals surface area (Å²) in [6.07, 6.45) is -6.93. The number of anilines is 1. The average Bonchev–Trinajstić information content (AvgIpc) is 2.76. The number of aliphatic hydroxyl groups is 1. The zero-order valence-electron chi connectivity index (χ0n) is 19.2. The highest BCUT2D eigenvalue weighted by Crippen LogP contribution is 2.44. The highest BCUT2D eigenvalue weighted by molar-refractivity contribution is 5.91. The number of pyridine rings is 1. The number of rotatable bonds is 8. The Kier molecular flexibility index (Phi) is 7.11. The van der Waals surface area contributed by atoms with Gasteiger partial charge >= 0.3 is 12.3 Å². The van der Waals surface area contributed by atoms with Gasteiger partial charge in [0.15, 0.2) is 5.60 Å². The first-order valence-corrected chi connectivity index (χ1v) is 10.5. The highest BCUT2D eigenvalue weighted by atomic mass is 19.4. The molecule has 3 aromatic rings. The number of nitrogens with one attached hydrogen (secondary N) is 1. The van der Waals surface area contributed by atoms with Crippen molar-refractivity contribution in [2.24, 2.45) is 5.73 Å². The molecule has 7 nitrogen and oxygen atoms in total. The fourth-order valence-electron chi connectivity index (χ4n) is 3.97. The number of carbonyl (C=O) groups is 1. The van der Waals surface area contributed by atoms with Crippen LogP contribution < -0.4 is 20.5 Å². The number of halogens is 4. The molecule has 1 amide bonds. The lowest BCUT2D eigenvalue weighted by Gasteiger charge is -2.38. The number of primary amides is 1. The number of nitrogens with two attached hydrogens (primary N) is 1. The number of nitrogens with zero attached hydrogens (tertiary/aromatic N) is 1. The number of benzene rings is 2. The molecule has 0 bridgehead atoms. The van der Waals surface area contributed by atoms with Crippen LogP contribution in [0.5, 0.6) is 11.6 Å². The summed E-state index contributed by atoms with van der Waals surface area (Å²) in [5.74, 6) is -0.572. The molecule has 1 atom stereocenters. The first kappa shape index (κ1) is 26.0. The van der Waals surface area contributed by atoms with E-state index in [1.165, 1.54) is 39.2 Å². The normalized spacial score (nSPS) is 13.8. The molecule has 1 aromatic heterocycles. The molecular weight excluding hydrogens is 470 g/mol. The van der Waals surface area contributed by atoms with Gasteiger partial charge in [-0.05, 0) is 42.2 Å². The number of fused-ring (bicyclic) bond motifs is 1. The third-order valence-corrected chi connectivity index (χ3v) is 5.62. The van der Waals surface area contributed by atoms with E-state index in [1.807, 2.05) is 0 Å². The number of hydrogen-bond donors (Lipinski definition) is 3. The number of amides is 1. The van der Waals surface area contributed by atoms with Crippen molar-refractivity contribution < 1.29 is 36.9 Å². The monoisotopic (exact) mass is 495 g/mol. The fourth-order valence-corrected chi connectivity index (χ4v) is 3.97. The molecular formula is C24H25F4N3O4. The van der Waals surface area contributed by atoms with Crippen molar-refractivity contribution in [1.82, 2.24) is 4.98 Å². The molecule has 1 heterocycles. The van der Waals surface area contributed by atoms with Gasteiger partial charge in [-0.1, -0.05) is 26.0 Å². The first-order chi connectivity index (χ1) is 16.3. The Labute approximate surface area is 198 Å². The summed E-state index contributed by atoms with van der Waals surface area (Å²) in [4.78, 5) is 15.2. The molecule has 3 rings (SSSR count). The van der Waals surface area contributed by atoms with E-state index in [0.29, 0.717) is 5.39 Å². The van der Waals surface area contributed by atoms with E-state index in [9.17, 15) is 27.5 Å². The zero-order valence-corrected chi connectivity index (χ0v) is 19.2. The maximum Gasteiger partial charge on any atom is 0.418 e. The smallest absolute Gasteiger partial charge is 0.418 e. The Morgan fingerprint density at radius 3 is 2.49 bits per heavy atom. The Morgan fingerprint density at radius 1 is 1.14 bits per heavy atom. The fraction of sp³-hybridized carbons (Fsp3) is 0.333. The molecule has 0 spiro atoms. The predicted molar refractivity (Wildman–Crippen MR) is 122 cm³/mol. The quantitative estimate of drug-likeness (QED) is 0.384. The molecule has 35 heavy (non-hydrogen) atoms. The molecule has 188 valence electrons. The van der Waals surface area contributed by atoms with Crippen LogP contribution >= 0.6 is 0 Å². The lowest BCUT2D eigenvalue weighted by atomic mass is 9.74. The maximum absolute atomic E-state index is 14.2. The standard InChI is InChI=1S/C24H25F4N3O4/c1-22(2,16-11-15(25)8-9-18(16)34-3)12-23(33,24(26,27)28)13-30-17-6-4-5-14-7-10-19(31-20(14)17)35-21(29)32/h4-11,30,33H,12-13H2,1-3H3,(H2,29,32). The van der Waals surface area contributed by atoms with Gasteiger partial charge in [0, 0.05) is 17.0 Å². The van der Waals surface area contributed by atoms with Crippen LogP contribution in [0, 0.1) is 5.82 Å². The molecule has 0 radical (unpaired) electrons. The van der Waals surface area contributed by atoms with Gasteiger partial charge in [-0.3, -0.25) is 0 Å². The van der Waals surface area contributed by atoms with Crippen LogP contribution in [0.3, 0.4) is 0 Å².